The first-order chi connectivity index (χ1) is 7.06. The molecular formula is C10H16N2O2S. The van der Waals surface area contributed by atoms with Gasteiger partial charge in [0.25, 0.3) is 0 Å². The molecule has 5 heteroatoms. The van der Waals surface area contributed by atoms with Gasteiger partial charge in [0, 0.05) is 10.9 Å². The predicted octanol–water partition coefficient (Wildman–Crippen LogP) is 1.12. The Hall–Kier alpha value is -0.910. The number of carboxylic acids is 1. The molecule has 2 unspecified atom stereocenters. The van der Waals surface area contributed by atoms with Gasteiger partial charge in [0.05, 0.1) is 12.5 Å². The van der Waals surface area contributed by atoms with Crippen molar-refractivity contribution in [1.82, 2.24) is 5.32 Å². The Morgan fingerprint density at radius 3 is 2.80 bits per heavy atom. The van der Waals surface area contributed by atoms with Crippen molar-refractivity contribution in [1.29, 1.82) is 0 Å². The molecule has 0 saturated heterocycles. The zero-order chi connectivity index (χ0) is 11.4. The molecule has 1 aromatic rings. The van der Waals surface area contributed by atoms with Crippen LogP contribution in [0.2, 0.25) is 0 Å². The van der Waals surface area contributed by atoms with E-state index >= 15 is 0 Å². The van der Waals surface area contributed by atoms with Gasteiger partial charge in [0.15, 0.2) is 0 Å². The monoisotopic (exact) mass is 228 g/mol. The predicted molar refractivity (Wildman–Crippen MR) is 61.1 cm³/mol. The molecule has 0 saturated carbocycles. The van der Waals surface area contributed by atoms with Gasteiger partial charge in [0.2, 0.25) is 0 Å². The molecular weight excluding hydrogens is 212 g/mol. The van der Waals surface area contributed by atoms with Crippen LogP contribution in [-0.4, -0.2) is 24.2 Å². The molecule has 0 fully saturated rings. The molecule has 0 aliphatic heterocycles. The van der Waals surface area contributed by atoms with Gasteiger partial charge >= 0.3 is 5.97 Å². The average Bonchev–Trinajstić information content (AvgIpc) is 2.52. The summed E-state index contributed by atoms with van der Waals surface area (Å²) in [5, 5.41) is 13.8. The van der Waals surface area contributed by atoms with Crippen molar-refractivity contribution >= 4 is 17.3 Å². The third-order valence-electron chi connectivity index (χ3n) is 2.33. The Labute approximate surface area is 93.1 Å². The standard InChI is InChI=1S/C10H16N2O2S/c1-6-3-4-15-10(6)9(12-2)7(11)5-8(13)14/h3-4,7,9,12H,5,11H2,1-2H3,(H,13,14). The number of hydrogen-bond donors (Lipinski definition) is 3. The quantitative estimate of drug-likeness (QED) is 0.706. The molecule has 0 amide bonds. The highest BCUT2D eigenvalue weighted by molar-refractivity contribution is 7.10. The summed E-state index contributed by atoms with van der Waals surface area (Å²) in [5.41, 5.74) is 7.01. The molecule has 84 valence electrons. The number of nitrogens with one attached hydrogen (secondary N) is 1. The molecule has 4 nitrogen and oxygen atoms in total. The fourth-order valence-corrected chi connectivity index (χ4v) is 2.67. The van der Waals surface area contributed by atoms with Crippen molar-refractivity contribution in [3.63, 3.8) is 0 Å². The second kappa shape index (κ2) is 5.25. The van der Waals surface area contributed by atoms with Gasteiger partial charge in [0.1, 0.15) is 0 Å². The van der Waals surface area contributed by atoms with Crippen molar-refractivity contribution in [2.24, 2.45) is 5.73 Å². The molecule has 0 bridgehead atoms. The molecule has 0 spiro atoms. The van der Waals surface area contributed by atoms with Crippen molar-refractivity contribution in [2.45, 2.75) is 25.4 Å². The van der Waals surface area contributed by atoms with E-state index in [-0.39, 0.29) is 12.5 Å². The minimum absolute atomic E-state index is 0.0250. The first-order valence-corrected chi connectivity index (χ1v) is 5.63. The van der Waals surface area contributed by atoms with Crippen LogP contribution < -0.4 is 11.1 Å². The van der Waals surface area contributed by atoms with E-state index in [2.05, 4.69) is 5.32 Å². The fraction of sp³-hybridized carbons (Fsp3) is 0.500. The molecule has 2 atom stereocenters. The van der Waals surface area contributed by atoms with Crippen LogP contribution in [0.4, 0.5) is 0 Å². The average molecular weight is 228 g/mol. The van der Waals surface area contributed by atoms with Crippen LogP contribution in [0, 0.1) is 6.92 Å². The zero-order valence-electron chi connectivity index (χ0n) is 8.86. The molecule has 15 heavy (non-hydrogen) atoms. The summed E-state index contributed by atoms with van der Waals surface area (Å²) >= 11 is 1.60. The van der Waals surface area contributed by atoms with Crippen molar-refractivity contribution in [3.8, 4) is 0 Å². The van der Waals surface area contributed by atoms with Crippen molar-refractivity contribution < 1.29 is 9.90 Å². The molecule has 0 aliphatic carbocycles. The zero-order valence-corrected chi connectivity index (χ0v) is 9.67. The molecule has 0 radical (unpaired) electrons. The topological polar surface area (TPSA) is 75.3 Å². The number of carbonyl (C=O) groups is 1. The molecule has 1 heterocycles. The van der Waals surface area contributed by atoms with Gasteiger partial charge in [-0.15, -0.1) is 11.3 Å². The largest absolute Gasteiger partial charge is 0.481 e. The first kappa shape index (κ1) is 12.2. The van der Waals surface area contributed by atoms with Crippen LogP contribution in [0.25, 0.3) is 0 Å². The van der Waals surface area contributed by atoms with E-state index in [4.69, 9.17) is 10.8 Å². The maximum Gasteiger partial charge on any atom is 0.304 e. The van der Waals surface area contributed by atoms with E-state index < -0.39 is 12.0 Å². The minimum Gasteiger partial charge on any atom is -0.481 e. The summed E-state index contributed by atoms with van der Waals surface area (Å²) in [6.45, 7) is 2.00. The Morgan fingerprint density at radius 1 is 1.73 bits per heavy atom. The maximum atomic E-state index is 10.6. The van der Waals surface area contributed by atoms with E-state index in [0.717, 1.165) is 10.4 Å². The number of aliphatic carboxylic acids is 1. The Morgan fingerprint density at radius 2 is 2.40 bits per heavy atom. The molecule has 0 aliphatic rings. The van der Waals surface area contributed by atoms with Crippen molar-refractivity contribution in [3.05, 3.63) is 21.9 Å². The second-order valence-corrected chi connectivity index (χ2v) is 4.44. The Balaban J connectivity index is 2.80. The normalized spacial score (nSPS) is 14.9. The highest BCUT2D eigenvalue weighted by atomic mass is 32.1. The SMILES string of the molecule is CNC(c1sccc1C)C(N)CC(=O)O. The number of carboxylic acid groups (broad SMARTS) is 1. The van der Waals surface area contributed by atoms with Gasteiger partial charge in [-0.25, -0.2) is 0 Å². The third-order valence-corrected chi connectivity index (χ3v) is 3.44. The Bertz CT molecular complexity index is 338. The molecule has 1 rings (SSSR count). The lowest BCUT2D eigenvalue weighted by Gasteiger charge is -2.21. The lowest BCUT2D eigenvalue weighted by molar-refractivity contribution is -0.137. The van der Waals surface area contributed by atoms with Crippen LogP contribution >= 0.6 is 11.3 Å². The number of hydrogen-bond acceptors (Lipinski definition) is 4. The Kier molecular flexibility index (Phi) is 4.26. The smallest absolute Gasteiger partial charge is 0.304 e. The lowest BCUT2D eigenvalue weighted by atomic mass is 10.0. The number of aryl methyl sites for hydroxylation is 1. The highest BCUT2D eigenvalue weighted by Crippen LogP contribution is 2.26. The fourth-order valence-electron chi connectivity index (χ4n) is 1.56. The molecule has 0 aromatic carbocycles. The summed E-state index contributed by atoms with van der Waals surface area (Å²) in [5.74, 6) is -0.864. The summed E-state index contributed by atoms with van der Waals surface area (Å²) in [4.78, 5) is 11.7. The molecule has 1 aromatic heterocycles. The van der Waals surface area contributed by atoms with Gasteiger partial charge in [-0.3, -0.25) is 4.79 Å². The number of nitrogens with two attached hydrogens (primary N) is 1. The van der Waals surface area contributed by atoms with Crippen LogP contribution in [0.5, 0.6) is 0 Å². The number of thiophene rings is 1. The lowest BCUT2D eigenvalue weighted by Crippen LogP contribution is -2.37. The van der Waals surface area contributed by atoms with Crippen molar-refractivity contribution in [2.75, 3.05) is 7.05 Å². The van der Waals surface area contributed by atoms with E-state index in [1.807, 2.05) is 18.4 Å². The van der Waals surface area contributed by atoms with Gasteiger partial charge < -0.3 is 16.2 Å². The first-order valence-electron chi connectivity index (χ1n) is 4.75. The summed E-state index contributed by atoms with van der Waals surface area (Å²) in [6, 6.07) is 1.53. The molecule has 4 N–H and O–H groups in total. The van der Waals surface area contributed by atoms with Crippen LogP contribution in [0.1, 0.15) is 22.9 Å². The van der Waals surface area contributed by atoms with E-state index in [0.29, 0.717) is 0 Å². The highest BCUT2D eigenvalue weighted by Gasteiger charge is 2.22. The van der Waals surface area contributed by atoms with E-state index in [9.17, 15) is 4.79 Å². The maximum absolute atomic E-state index is 10.6. The second-order valence-electron chi connectivity index (χ2n) is 3.50. The van der Waals surface area contributed by atoms with Crippen LogP contribution in [-0.2, 0) is 4.79 Å². The van der Waals surface area contributed by atoms with Crippen LogP contribution in [0.3, 0.4) is 0 Å². The summed E-state index contributed by atoms with van der Waals surface area (Å²) < 4.78 is 0. The summed E-state index contributed by atoms with van der Waals surface area (Å²) in [6.07, 6.45) is -0.0250. The van der Waals surface area contributed by atoms with Crippen LogP contribution in [0.15, 0.2) is 11.4 Å². The van der Waals surface area contributed by atoms with Gasteiger partial charge in [-0.05, 0) is 31.0 Å². The summed E-state index contributed by atoms with van der Waals surface area (Å²) in [7, 11) is 1.80. The van der Waals surface area contributed by atoms with Gasteiger partial charge in [-0.1, -0.05) is 0 Å². The van der Waals surface area contributed by atoms with E-state index in [1.54, 1.807) is 18.4 Å². The number of rotatable bonds is 5. The van der Waals surface area contributed by atoms with Gasteiger partial charge in [-0.2, -0.15) is 0 Å². The third kappa shape index (κ3) is 3.02. The number of likely N-dealkylation sites (N-methyl/N-ethyl adjacent to an activating group) is 1. The van der Waals surface area contributed by atoms with E-state index in [1.165, 1.54) is 0 Å². The minimum atomic E-state index is -0.864.